The van der Waals surface area contributed by atoms with Gasteiger partial charge in [0.15, 0.2) is 0 Å². The van der Waals surface area contributed by atoms with Gasteiger partial charge in [-0.1, -0.05) is 0 Å². The lowest BCUT2D eigenvalue weighted by molar-refractivity contribution is 0.151. The number of carboxylic acid groups (broad SMARTS) is 1. The second kappa shape index (κ2) is 3.18. The van der Waals surface area contributed by atoms with Gasteiger partial charge in [-0.25, -0.2) is 4.79 Å². The smallest absolute Gasteiger partial charge is 0.407 e. The van der Waals surface area contributed by atoms with Crippen molar-refractivity contribution in [3.05, 3.63) is 0 Å². The summed E-state index contributed by atoms with van der Waals surface area (Å²) in [5, 5.41) is 8.79. The number of hydrogen-bond acceptors (Lipinski definition) is 2. The molecule has 1 heterocycles. The Bertz CT molecular complexity index is 206. The van der Waals surface area contributed by atoms with E-state index < -0.39 is 6.09 Å². The summed E-state index contributed by atoms with van der Waals surface area (Å²) in [5.74, 6) is 1.82. The first-order chi connectivity index (χ1) is 6.20. The van der Waals surface area contributed by atoms with Crippen molar-refractivity contribution in [1.82, 2.24) is 4.90 Å². The highest BCUT2D eigenvalue weighted by atomic mass is 16.4. The Labute approximate surface area is 77.7 Å². The zero-order chi connectivity index (χ0) is 9.42. The molecule has 2 fully saturated rings. The van der Waals surface area contributed by atoms with Gasteiger partial charge in [0.1, 0.15) is 0 Å². The second-order valence-corrected chi connectivity index (χ2v) is 4.28. The monoisotopic (exact) mass is 184 g/mol. The molecule has 1 saturated heterocycles. The molecule has 0 spiro atoms. The number of nitrogens with two attached hydrogens (primary N) is 1. The summed E-state index contributed by atoms with van der Waals surface area (Å²) in [6.45, 7) is 2.23. The van der Waals surface area contributed by atoms with Crippen molar-refractivity contribution in [3.8, 4) is 0 Å². The van der Waals surface area contributed by atoms with Gasteiger partial charge in [0.2, 0.25) is 0 Å². The van der Waals surface area contributed by atoms with E-state index in [0.717, 1.165) is 32.5 Å². The average molecular weight is 184 g/mol. The lowest BCUT2D eigenvalue weighted by Crippen LogP contribution is -2.28. The van der Waals surface area contributed by atoms with Crippen molar-refractivity contribution in [1.29, 1.82) is 0 Å². The van der Waals surface area contributed by atoms with Crippen LogP contribution in [0.4, 0.5) is 4.79 Å². The molecular weight excluding hydrogens is 168 g/mol. The van der Waals surface area contributed by atoms with Gasteiger partial charge in [0, 0.05) is 13.1 Å². The minimum atomic E-state index is -0.765. The fraction of sp³-hybridized carbons (Fsp3) is 0.889. The zero-order valence-electron chi connectivity index (χ0n) is 7.65. The summed E-state index contributed by atoms with van der Waals surface area (Å²) >= 11 is 0. The van der Waals surface area contributed by atoms with E-state index in [1.54, 1.807) is 4.90 Å². The van der Waals surface area contributed by atoms with Gasteiger partial charge >= 0.3 is 6.09 Å². The molecule has 3 atom stereocenters. The van der Waals surface area contributed by atoms with E-state index in [1.165, 1.54) is 0 Å². The molecule has 0 radical (unpaired) electrons. The molecule has 2 aliphatic rings. The Morgan fingerprint density at radius 3 is 2.31 bits per heavy atom. The van der Waals surface area contributed by atoms with Crippen LogP contribution in [0.5, 0.6) is 0 Å². The van der Waals surface area contributed by atoms with Crippen LogP contribution in [0.15, 0.2) is 0 Å². The predicted molar refractivity (Wildman–Crippen MR) is 48.4 cm³/mol. The van der Waals surface area contributed by atoms with E-state index in [-0.39, 0.29) is 0 Å². The Hall–Kier alpha value is -0.770. The van der Waals surface area contributed by atoms with E-state index in [1.807, 2.05) is 0 Å². The van der Waals surface area contributed by atoms with Gasteiger partial charge in [-0.05, 0) is 37.1 Å². The van der Waals surface area contributed by atoms with E-state index in [9.17, 15) is 4.79 Å². The number of nitrogens with zero attached hydrogens (tertiary/aromatic N) is 1. The quantitative estimate of drug-likeness (QED) is 0.626. The summed E-state index contributed by atoms with van der Waals surface area (Å²) in [4.78, 5) is 12.2. The van der Waals surface area contributed by atoms with Gasteiger partial charge in [0.25, 0.3) is 0 Å². The molecule has 1 amide bonds. The first-order valence-electron chi connectivity index (χ1n) is 4.88. The standard InChI is InChI=1S/C9H16N2O2/c10-3-6-1-7-4-11(9(12)13)5-8(7)2-6/h6-8H,1-5,10H2,(H,12,13)/t6-,7-,8+. The predicted octanol–water partition coefficient (Wildman–Crippen LogP) is 0.581. The highest BCUT2D eigenvalue weighted by Gasteiger charge is 2.41. The average Bonchev–Trinajstić information content (AvgIpc) is 2.58. The molecule has 4 nitrogen and oxygen atoms in total. The van der Waals surface area contributed by atoms with Crippen LogP contribution in [-0.4, -0.2) is 35.7 Å². The van der Waals surface area contributed by atoms with E-state index in [4.69, 9.17) is 10.8 Å². The lowest BCUT2D eigenvalue weighted by atomic mass is 10.0. The summed E-state index contributed by atoms with van der Waals surface area (Å²) in [6, 6.07) is 0. The highest BCUT2D eigenvalue weighted by Crippen LogP contribution is 2.40. The molecule has 0 aromatic carbocycles. The third-order valence-electron chi connectivity index (χ3n) is 3.45. The molecule has 1 aliphatic heterocycles. The SMILES string of the molecule is NC[C@@H]1C[C@@H]2CN(C(=O)O)C[C@@H]2C1. The molecule has 0 unspecified atom stereocenters. The molecule has 0 aromatic rings. The molecular formula is C9H16N2O2. The molecule has 13 heavy (non-hydrogen) atoms. The van der Waals surface area contributed by atoms with Crippen molar-refractivity contribution < 1.29 is 9.90 Å². The fourth-order valence-electron chi connectivity index (χ4n) is 2.77. The maximum absolute atomic E-state index is 10.7. The Balaban J connectivity index is 1.93. The van der Waals surface area contributed by atoms with Gasteiger partial charge in [-0.3, -0.25) is 0 Å². The maximum Gasteiger partial charge on any atom is 0.407 e. The van der Waals surface area contributed by atoms with Crippen LogP contribution in [0.3, 0.4) is 0 Å². The number of rotatable bonds is 1. The normalized spacial score (nSPS) is 37.9. The van der Waals surface area contributed by atoms with E-state index in [2.05, 4.69) is 0 Å². The highest BCUT2D eigenvalue weighted by molar-refractivity contribution is 5.65. The number of likely N-dealkylation sites (tertiary alicyclic amines) is 1. The summed E-state index contributed by atoms with van der Waals surface area (Å²) in [7, 11) is 0. The van der Waals surface area contributed by atoms with E-state index >= 15 is 0 Å². The van der Waals surface area contributed by atoms with Crippen LogP contribution in [0.1, 0.15) is 12.8 Å². The molecule has 1 aliphatic carbocycles. The van der Waals surface area contributed by atoms with Gasteiger partial charge in [0.05, 0.1) is 0 Å². The minimum Gasteiger partial charge on any atom is -0.465 e. The van der Waals surface area contributed by atoms with Crippen molar-refractivity contribution in [2.45, 2.75) is 12.8 Å². The molecule has 74 valence electrons. The Morgan fingerprint density at radius 2 is 1.92 bits per heavy atom. The van der Waals surface area contributed by atoms with Crippen LogP contribution in [-0.2, 0) is 0 Å². The largest absolute Gasteiger partial charge is 0.465 e. The van der Waals surface area contributed by atoms with Crippen molar-refractivity contribution in [2.24, 2.45) is 23.5 Å². The van der Waals surface area contributed by atoms with Gasteiger partial charge in [-0.2, -0.15) is 0 Å². The van der Waals surface area contributed by atoms with Crippen LogP contribution >= 0.6 is 0 Å². The number of carbonyl (C=O) groups is 1. The third-order valence-corrected chi connectivity index (χ3v) is 3.45. The molecule has 2 rings (SSSR count). The second-order valence-electron chi connectivity index (χ2n) is 4.28. The fourth-order valence-corrected chi connectivity index (χ4v) is 2.77. The van der Waals surface area contributed by atoms with Gasteiger partial charge in [-0.15, -0.1) is 0 Å². The molecule has 0 bridgehead atoms. The number of amides is 1. The lowest BCUT2D eigenvalue weighted by Gasteiger charge is -2.14. The van der Waals surface area contributed by atoms with Crippen molar-refractivity contribution in [2.75, 3.05) is 19.6 Å². The third kappa shape index (κ3) is 1.50. The first-order valence-corrected chi connectivity index (χ1v) is 4.88. The Kier molecular flexibility index (Phi) is 2.15. The molecule has 1 saturated carbocycles. The zero-order valence-corrected chi connectivity index (χ0v) is 7.65. The first kappa shape index (κ1) is 8.81. The van der Waals surface area contributed by atoms with Crippen LogP contribution in [0.2, 0.25) is 0 Å². The van der Waals surface area contributed by atoms with Crippen LogP contribution in [0.25, 0.3) is 0 Å². The van der Waals surface area contributed by atoms with Crippen molar-refractivity contribution in [3.63, 3.8) is 0 Å². The number of hydrogen-bond donors (Lipinski definition) is 2. The van der Waals surface area contributed by atoms with Gasteiger partial charge < -0.3 is 15.7 Å². The summed E-state index contributed by atoms with van der Waals surface area (Å²) < 4.78 is 0. The molecule has 0 aromatic heterocycles. The van der Waals surface area contributed by atoms with Crippen LogP contribution < -0.4 is 5.73 Å². The summed E-state index contributed by atoms with van der Waals surface area (Å²) in [5.41, 5.74) is 5.60. The Morgan fingerprint density at radius 1 is 1.38 bits per heavy atom. The topological polar surface area (TPSA) is 66.6 Å². The molecule has 3 N–H and O–H groups in total. The summed E-state index contributed by atoms with van der Waals surface area (Å²) in [6.07, 6.45) is 1.49. The van der Waals surface area contributed by atoms with E-state index in [0.29, 0.717) is 17.8 Å². The van der Waals surface area contributed by atoms with Crippen molar-refractivity contribution >= 4 is 6.09 Å². The number of fused-ring (bicyclic) bond motifs is 1. The minimum absolute atomic E-state index is 0.588. The maximum atomic E-state index is 10.7. The molecule has 4 heteroatoms. The van der Waals surface area contributed by atoms with Crippen LogP contribution in [0, 0.1) is 17.8 Å².